The lowest BCUT2D eigenvalue weighted by atomic mass is 9.99. The van der Waals surface area contributed by atoms with Gasteiger partial charge in [-0.1, -0.05) is 60.2 Å². The second-order valence-electron chi connectivity index (χ2n) is 10.5. The van der Waals surface area contributed by atoms with Gasteiger partial charge in [-0.25, -0.2) is 4.90 Å². The lowest BCUT2D eigenvalue weighted by Crippen LogP contribution is -2.31. The summed E-state index contributed by atoms with van der Waals surface area (Å²) in [4.78, 5) is 33.8. The van der Waals surface area contributed by atoms with E-state index in [1.165, 1.54) is 4.90 Å². The van der Waals surface area contributed by atoms with Crippen LogP contribution in [-0.4, -0.2) is 21.4 Å². The summed E-state index contributed by atoms with van der Waals surface area (Å²) >= 11 is 0. The van der Waals surface area contributed by atoms with Gasteiger partial charge >= 0.3 is 0 Å². The molecule has 0 spiro atoms. The van der Waals surface area contributed by atoms with E-state index in [0.717, 1.165) is 44.1 Å². The Morgan fingerprint density at radius 2 is 1.46 bits per heavy atom. The molecule has 3 heterocycles. The average molecular weight is 533 g/mol. The highest BCUT2D eigenvalue weighted by molar-refractivity contribution is 6.36. The topological polar surface area (TPSA) is 79.0 Å². The van der Waals surface area contributed by atoms with Gasteiger partial charge in [-0.2, -0.15) is 5.26 Å². The maximum atomic E-state index is 14.3. The Hall–Kier alpha value is -5.54. The van der Waals surface area contributed by atoms with E-state index in [9.17, 15) is 14.9 Å². The first kappa shape index (κ1) is 24.5. The molecule has 196 valence electrons. The number of nitriles is 1. The maximum Gasteiger partial charge on any atom is 0.268 e. The Morgan fingerprint density at radius 3 is 2.24 bits per heavy atom. The second-order valence-corrected chi connectivity index (χ2v) is 10.5. The minimum Gasteiger partial charge on any atom is -0.308 e. The molecule has 0 saturated heterocycles. The van der Waals surface area contributed by atoms with Crippen molar-refractivity contribution in [1.29, 1.82) is 5.26 Å². The van der Waals surface area contributed by atoms with Crippen LogP contribution < -0.4 is 4.90 Å². The van der Waals surface area contributed by atoms with E-state index in [4.69, 9.17) is 0 Å². The summed E-state index contributed by atoms with van der Waals surface area (Å²) in [6.07, 6.45) is 3.31. The van der Waals surface area contributed by atoms with E-state index < -0.39 is 0 Å². The van der Waals surface area contributed by atoms with E-state index in [-0.39, 0.29) is 11.8 Å². The van der Waals surface area contributed by atoms with Crippen LogP contribution in [0.2, 0.25) is 0 Å². The molecule has 6 aromatic rings. The Kier molecular flexibility index (Phi) is 5.38. The number of aryl methyl sites for hydroxylation is 3. The molecule has 0 unspecified atom stereocenters. The van der Waals surface area contributed by atoms with Crippen LogP contribution in [0.1, 0.15) is 43.0 Å². The van der Waals surface area contributed by atoms with Gasteiger partial charge in [0.25, 0.3) is 11.8 Å². The Morgan fingerprint density at radius 1 is 0.756 bits per heavy atom. The number of benzene rings is 4. The summed E-state index contributed by atoms with van der Waals surface area (Å²) in [5.41, 5.74) is 8.56. The smallest absolute Gasteiger partial charge is 0.268 e. The third-order valence-corrected chi connectivity index (χ3v) is 7.92. The van der Waals surface area contributed by atoms with E-state index in [0.29, 0.717) is 33.6 Å². The van der Waals surface area contributed by atoms with Crippen LogP contribution in [0.3, 0.4) is 0 Å². The molecule has 2 amide bonds. The van der Waals surface area contributed by atoms with Crippen molar-refractivity contribution in [1.82, 2.24) is 9.55 Å². The Balaban J connectivity index is 1.56. The fourth-order valence-electron chi connectivity index (χ4n) is 6.37. The SMILES string of the molecule is Cc1cc(C)c(N2C(=O)c3cccc(-n4c5ccccc5c5cccc(-c6cnccc6C#N)c54)c3C2=O)c(C)c1. The van der Waals surface area contributed by atoms with Crippen LogP contribution in [0.4, 0.5) is 5.69 Å². The minimum absolute atomic E-state index is 0.332. The normalized spacial score (nSPS) is 12.8. The second kappa shape index (κ2) is 9.00. The van der Waals surface area contributed by atoms with Crippen LogP contribution in [0.25, 0.3) is 38.6 Å². The van der Waals surface area contributed by atoms with Crippen LogP contribution in [0.5, 0.6) is 0 Å². The summed E-state index contributed by atoms with van der Waals surface area (Å²) in [5.74, 6) is -0.680. The van der Waals surface area contributed by atoms with Gasteiger partial charge in [0.05, 0.1) is 45.2 Å². The van der Waals surface area contributed by atoms with Gasteiger partial charge in [-0.05, 0) is 56.2 Å². The number of nitrogens with zero attached hydrogens (tertiary/aromatic N) is 4. The van der Waals surface area contributed by atoms with Crippen molar-refractivity contribution in [3.8, 4) is 22.9 Å². The molecule has 0 N–H and O–H groups in total. The predicted molar refractivity (Wildman–Crippen MR) is 161 cm³/mol. The molecule has 4 aromatic carbocycles. The van der Waals surface area contributed by atoms with E-state index in [1.807, 2.05) is 87.5 Å². The van der Waals surface area contributed by atoms with Crippen LogP contribution >= 0.6 is 0 Å². The van der Waals surface area contributed by atoms with Crippen LogP contribution in [0.15, 0.2) is 91.3 Å². The standard InChI is InChI=1S/C35H24N4O2/c1-20-16-21(2)32(22(3)17-20)39-34(40)27-11-7-13-30(31(27)35(39)41)38-29-12-5-4-8-24(29)25-9-6-10-26(33(25)38)28-19-37-15-14-23(28)18-36/h4-17,19H,1-3H3. The molecule has 7 rings (SSSR count). The maximum absolute atomic E-state index is 14.3. The Bertz CT molecular complexity index is 2130. The van der Waals surface area contributed by atoms with Gasteiger partial charge in [0.1, 0.15) is 0 Å². The van der Waals surface area contributed by atoms with Crippen molar-refractivity contribution in [3.05, 3.63) is 125 Å². The zero-order valence-corrected chi connectivity index (χ0v) is 22.8. The van der Waals surface area contributed by atoms with Crippen LogP contribution in [-0.2, 0) is 0 Å². The van der Waals surface area contributed by atoms with Gasteiger partial charge in [-0.15, -0.1) is 0 Å². The molecule has 0 bridgehead atoms. The average Bonchev–Trinajstić information content (AvgIpc) is 3.44. The molecule has 1 aliphatic rings. The number of pyridine rings is 1. The number of carbonyl (C=O) groups excluding carboxylic acids is 2. The van der Waals surface area contributed by atoms with Crippen molar-refractivity contribution < 1.29 is 9.59 Å². The molecule has 0 saturated carbocycles. The van der Waals surface area contributed by atoms with Gasteiger partial charge in [0.2, 0.25) is 0 Å². The highest BCUT2D eigenvalue weighted by Gasteiger charge is 2.40. The number of hydrogen-bond donors (Lipinski definition) is 0. The fraction of sp³-hybridized carbons (Fsp3) is 0.0857. The molecule has 41 heavy (non-hydrogen) atoms. The first-order valence-corrected chi connectivity index (χ1v) is 13.4. The zero-order chi connectivity index (χ0) is 28.4. The molecule has 6 heteroatoms. The number of imide groups is 1. The first-order chi connectivity index (χ1) is 19.9. The lowest BCUT2D eigenvalue weighted by molar-refractivity contribution is 0.0925. The minimum atomic E-state index is -0.349. The molecular formula is C35H24N4O2. The predicted octanol–water partition coefficient (Wildman–Crippen LogP) is 7.44. The number of aromatic nitrogens is 2. The van der Waals surface area contributed by atoms with E-state index >= 15 is 0 Å². The molecule has 2 aromatic heterocycles. The summed E-state index contributed by atoms with van der Waals surface area (Å²) < 4.78 is 2.05. The molecule has 0 aliphatic carbocycles. The number of fused-ring (bicyclic) bond motifs is 4. The Labute approximate surface area is 236 Å². The van der Waals surface area contributed by atoms with E-state index in [1.54, 1.807) is 24.5 Å². The molecular weight excluding hydrogens is 508 g/mol. The monoisotopic (exact) mass is 532 g/mol. The molecule has 0 fully saturated rings. The quantitative estimate of drug-likeness (QED) is 0.222. The number of anilines is 1. The third kappa shape index (κ3) is 3.46. The van der Waals surface area contributed by atoms with Gasteiger partial charge in [-0.3, -0.25) is 14.6 Å². The van der Waals surface area contributed by atoms with Crippen molar-refractivity contribution in [2.45, 2.75) is 20.8 Å². The highest BCUT2D eigenvalue weighted by atomic mass is 16.2. The fourth-order valence-corrected chi connectivity index (χ4v) is 6.37. The van der Waals surface area contributed by atoms with Gasteiger partial charge in [0, 0.05) is 34.3 Å². The zero-order valence-electron chi connectivity index (χ0n) is 22.8. The van der Waals surface area contributed by atoms with Gasteiger partial charge < -0.3 is 4.57 Å². The summed E-state index contributed by atoms with van der Waals surface area (Å²) in [5, 5.41) is 11.9. The number of rotatable bonds is 3. The number of para-hydroxylation sites is 2. The lowest BCUT2D eigenvalue weighted by Gasteiger charge is -2.20. The number of carbonyl (C=O) groups is 2. The highest BCUT2D eigenvalue weighted by Crippen LogP contribution is 2.42. The molecule has 6 nitrogen and oxygen atoms in total. The van der Waals surface area contributed by atoms with Crippen molar-refractivity contribution >= 4 is 39.3 Å². The molecule has 0 radical (unpaired) electrons. The van der Waals surface area contributed by atoms with Crippen molar-refractivity contribution in [3.63, 3.8) is 0 Å². The third-order valence-electron chi connectivity index (χ3n) is 7.92. The summed E-state index contributed by atoms with van der Waals surface area (Å²) in [6, 6.07) is 27.4. The molecule has 1 aliphatic heterocycles. The number of hydrogen-bond acceptors (Lipinski definition) is 4. The van der Waals surface area contributed by atoms with E-state index in [2.05, 4.69) is 15.6 Å². The molecule has 0 atom stereocenters. The number of amides is 2. The summed E-state index contributed by atoms with van der Waals surface area (Å²) in [7, 11) is 0. The van der Waals surface area contributed by atoms with Crippen molar-refractivity contribution in [2.24, 2.45) is 0 Å². The van der Waals surface area contributed by atoms with Gasteiger partial charge in [0.15, 0.2) is 0 Å². The van der Waals surface area contributed by atoms with Crippen LogP contribution in [0, 0.1) is 32.1 Å². The first-order valence-electron chi connectivity index (χ1n) is 13.4. The summed E-state index contributed by atoms with van der Waals surface area (Å²) in [6.45, 7) is 5.86. The van der Waals surface area contributed by atoms with Crippen molar-refractivity contribution in [2.75, 3.05) is 4.90 Å². The largest absolute Gasteiger partial charge is 0.308 e.